The highest BCUT2D eigenvalue weighted by molar-refractivity contribution is 6.31. The molecule has 0 aliphatic heterocycles. The predicted molar refractivity (Wildman–Crippen MR) is 92.5 cm³/mol. The van der Waals surface area contributed by atoms with Gasteiger partial charge in [0.1, 0.15) is 16.7 Å². The SMILES string of the molecule is CC(C)c1cnn2c(NCc3ccc(O)cc3Cl)cc(Cl)nc12. The second-order valence-corrected chi connectivity index (χ2v) is 6.38. The van der Waals surface area contributed by atoms with Gasteiger partial charge in [0.25, 0.3) is 0 Å². The Hall–Kier alpha value is -1.98. The van der Waals surface area contributed by atoms with E-state index in [2.05, 4.69) is 29.2 Å². The summed E-state index contributed by atoms with van der Waals surface area (Å²) < 4.78 is 1.73. The number of aromatic hydroxyl groups is 1. The number of fused-ring (bicyclic) bond motifs is 1. The van der Waals surface area contributed by atoms with Crippen LogP contribution in [0, 0.1) is 0 Å². The molecule has 120 valence electrons. The first-order chi connectivity index (χ1) is 11.0. The summed E-state index contributed by atoms with van der Waals surface area (Å²) >= 11 is 12.3. The van der Waals surface area contributed by atoms with Crippen molar-refractivity contribution >= 4 is 34.7 Å². The minimum absolute atomic E-state index is 0.141. The van der Waals surface area contributed by atoms with Crippen LogP contribution in [0.15, 0.2) is 30.5 Å². The van der Waals surface area contributed by atoms with Crippen LogP contribution in [0.3, 0.4) is 0 Å². The number of phenolic OH excluding ortho intramolecular Hbond substituents is 1. The molecule has 0 fully saturated rings. The Kier molecular flexibility index (Phi) is 4.33. The van der Waals surface area contributed by atoms with Crippen LogP contribution in [0.4, 0.5) is 5.82 Å². The van der Waals surface area contributed by atoms with Crippen LogP contribution in [0.1, 0.15) is 30.9 Å². The number of halogens is 2. The molecule has 0 saturated heterocycles. The molecule has 3 rings (SSSR count). The zero-order valence-electron chi connectivity index (χ0n) is 12.7. The van der Waals surface area contributed by atoms with Crippen molar-refractivity contribution in [2.45, 2.75) is 26.3 Å². The van der Waals surface area contributed by atoms with E-state index in [1.165, 1.54) is 6.07 Å². The number of aromatic nitrogens is 3. The Labute approximate surface area is 143 Å². The molecule has 0 radical (unpaired) electrons. The van der Waals surface area contributed by atoms with E-state index in [9.17, 15) is 5.11 Å². The monoisotopic (exact) mass is 350 g/mol. The molecule has 2 heterocycles. The molecule has 0 saturated carbocycles. The fourth-order valence-corrected chi connectivity index (χ4v) is 2.77. The summed E-state index contributed by atoms with van der Waals surface area (Å²) in [6.07, 6.45) is 1.81. The highest BCUT2D eigenvalue weighted by Crippen LogP contribution is 2.26. The zero-order chi connectivity index (χ0) is 16.6. The minimum Gasteiger partial charge on any atom is -0.508 e. The molecular formula is C16H16Cl2N4O. The van der Waals surface area contributed by atoms with Crippen molar-refractivity contribution in [2.24, 2.45) is 0 Å². The van der Waals surface area contributed by atoms with Gasteiger partial charge in [0.05, 0.1) is 6.20 Å². The lowest BCUT2D eigenvalue weighted by atomic mass is 10.1. The van der Waals surface area contributed by atoms with Crippen molar-refractivity contribution in [2.75, 3.05) is 5.32 Å². The standard InChI is InChI=1S/C16H16Cl2N4O/c1-9(2)12-8-20-22-15(6-14(18)21-16(12)22)19-7-10-3-4-11(23)5-13(10)17/h3-6,8-9,19,23H,7H2,1-2H3. The smallest absolute Gasteiger partial charge is 0.162 e. The van der Waals surface area contributed by atoms with Crippen molar-refractivity contribution in [1.82, 2.24) is 14.6 Å². The fraction of sp³-hybridized carbons (Fsp3) is 0.250. The van der Waals surface area contributed by atoms with Crippen LogP contribution < -0.4 is 5.32 Å². The summed E-state index contributed by atoms with van der Waals surface area (Å²) in [6.45, 7) is 4.65. The summed E-state index contributed by atoms with van der Waals surface area (Å²) in [6, 6.07) is 6.61. The minimum atomic E-state index is 0.141. The van der Waals surface area contributed by atoms with Gasteiger partial charge in [-0.1, -0.05) is 43.1 Å². The third-order valence-corrected chi connectivity index (χ3v) is 4.13. The molecule has 0 atom stereocenters. The maximum atomic E-state index is 9.41. The first-order valence-electron chi connectivity index (χ1n) is 7.21. The van der Waals surface area contributed by atoms with Crippen LogP contribution in [0.2, 0.25) is 10.2 Å². The van der Waals surface area contributed by atoms with Gasteiger partial charge in [0, 0.05) is 23.2 Å². The Morgan fingerprint density at radius 1 is 1.26 bits per heavy atom. The number of hydrogen-bond donors (Lipinski definition) is 2. The van der Waals surface area contributed by atoms with Gasteiger partial charge in [-0.25, -0.2) is 4.98 Å². The topological polar surface area (TPSA) is 62.5 Å². The molecule has 2 aromatic heterocycles. The van der Waals surface area contributed by atoms with E-state index in [1.54, 1.807) is 22.7 Å². The predicted octanol–water partition coefficient (Wildman–Crippen LogP) is 4.48. The molecule has 3 aromatic rings. The third kappa shape index (κ3) is 3.21. The Balaban J connectivity index is 1.93. The lowest BCUT2D eigenvalue weighted by Crippen LogP contribution is -2.06. The highest BCUT2D eigenvalue weighted by Gasteiger charge is 2.13. The Bertz CT molecular complexity index is 861. The summed E-state index contributed by atoms with van der Waals surface area (Å²) in [5.41, 5.74) is 2.65. The lowest BCUT2D eigenvalue weighted by molar-refractivity contribution is 0.475. The summed E-state index contributed by atoms with van der Waals surface area (Å²) in [5.74, 6) is 1.18. The van der Waals surface area contributed by atoms with Crippen molar-refractivity contribution in [3.63, 3.8) is 0 Å². The molecule has 0 bridgehead atoms. The Morgan fingerprint density at radius 2 is 2.04 bits per heavy atom. The van der Waals surface area contributed by atoms with E-state index in [-0.39, 0.29) is 5.75 Å². The van der Waals surface area contributed by atoms with Gasteiger partial charge < -0.3 is 10.4 Å². The largest absolute Gasteiger partial charge is 0.508 e. The van der Waals surface area contributed by atoms with Gasteiger partial charge in [-0.15, -0.1) is 0 Å². The van der Waals surface area contributed by atoms with E-state index in [1.807, 2.05) is 6.20 Å². The summed E-state index contributed by atoms with van der Waals surface area (Å²) in [7, 11) is 0. The van der Waals surface area contributed by atoms with Crippen molar-refractivity contribution in [3.05, 3.63) is 51.8 Å². The molecule has 0 aliphatic rings. The molecule has 0 aliphatic carbocycles. The van der Waals surface area contributed by atoms with Gasteiger partial charge in [-0.3, -0.25) is 0 Å². The van der Waals surface area contributed by atoms with Crippen molar-refractivity contribution in [1.29, 1.82) is 0 Å². The molecule has 0 amide bonds. The second-order valence-electron chi connectivity index (χ2n) is 5.58. The maximum absolute atomic E-state index is 9.41. The maximum Gasteiger partial charge on any atom is 0.162 e. The lowest BCUT2D eigenvalue weighted by Gasteiger charge is -2.11. The van der Waals surface area contributed by atoms with Crippen LogP contribution in [0.25, 0.3) is 5.65 Å². The number of phenols is 1. The zero-order valence-corrected chi connectivity index (χ0v) is 14.2. The van der Waals surface area contributed by atoms with Gasteiger partial charge in [-0.2, -0.15) is 9.61 Å². The van der Waals surface area contributed by atoms with Gasteiger partial charge in [-0.05, 0) is 23.6 Å². The molecule has 1 aromatic carbocycles. The van der Waals surface area contributed by atoms with Gasteiger partial charge in [0.2, 0.25) is 0 Å². The summed E-state index contributed by atoms with van der Waals surface area (Å²) in [4.78, 5) is 4.37. The van der Waals surface area contributed by atoms with Crippen molar-refractivity contribution < 1.29 is 5.11 Å². The molecule has 2 N–H and O–H groups in total. The molecular weight excluding hydrogens is 335 g/mol. The average Bonchev–Trinajstić information content (AvgIpc) is 2.90. The quantitative estimate of drug-likeness (QED) is 0.681. The van der Waals surface area contributed by atoms with Crippen LogP contribution in [-0.4, -0.2) is 19.7 Å². The number of rotatable bonds is 4. The normalized spacial score (nSPS) is 11.3. The molecule has 7 heteroatoms. The fourth-order valence-electron chi connectivity index (χ4n) is 2.35. The summed E-state index contributed by atoms with van der Waals surface area (Å²) in [5, 5.41) is 18.0. The van der Waals surface area contributed by atoms with Crippen molar-refractivity contribution in [3.8, 4) is 5.75 Å². The Morgan fingerprint density at radius 3 is 2.74 bits per heavy atom. The van der Waals surface area contributed by atoms with E-state index in [0.29, 0.717) is 22.6 Å². The number of nitrogens with zero attached hydrogens (tertiary/aromatic N) is 3. The first kappa shape index (κ1) is 15.9. The third-order valence-electron chi connectivity index (χ3n) is 3.59. The van der Waals surface area contributed by atoms with Crippen LogP contribution >= 0.6 is 23.2 Å². The van der Waals surface area contributed by atoms with E-state index in [4.69, 9.17) is 23.2 Å². The van der Waals surface area contributed by atoms with E-state index in [0.717, 1.165) is 22.6 Å². The van der Waals surface area contributed by atoms with Crippen LogP contribution in [-0.2, 0) is 6.54 Å². The molecule has 5 nitrogen and oxygen atoms in total. The van der Waals surface area contributed by atoms with Gasteiger partial charge >= 0.3 is 0 Å². The van der Waals surface area contributed by atoms with E-state index >= 15 is 0 Å². The molecule has 0 spiro atoms. The second kappa shape index (κ2) is 6.26. The van der Waals surface area contributed by atoms with Crippen LogP contribution in [0.5, 0.6) is 5.75 Å². The van der Waals surface area contributed by atoms with E-state index < -0.39 is 0 Å². The average molecular weight is 351 g/mol. The molecule has 0 unspecified atom stereocenters. The molecule has 23 heavy (non-hydrogen) atoms. The highest BCUT2D eigenvalue weighted by atomic mass is 35.5. The number of anilines is 1. The number of hydrogen-bond acceptors (Lipinski definition) is 4. The number of nitrogens with one attached hydrogen (secondary N) is 1. The number of benzene rings is 1. The first-order valence-corrected chi connectivity index (χ1v) is 7.96. The van der Waals surface area contributed by atoms with Gasteiger partial charge in [0.15, 0.2) is 5.65 Å².